The Morgan fingerprint density at radius 1 is 1.18 bits per heavy atom. The van der Waals surface area contributed by atoms with Gasteiger partial charge >= 0.3 is 0 Å². The number of rotatable bonds is 6. The summed E-state index contributed by atoms with van der Waals surface area (Å²) in [5, 5.41) is 0. The minimum Gasteiger partial charge on any atom is -0.352 e. The first-order valence-electron chi connectivity index (χ1n) is 6.55. The highest BCUT2D eigenvalue weighted by molar-refractivity contribution is 5.09. The van der Waals surface area contributed by atoms with E-state index in [1.165, 1.54) is 25.7 Å². The van der Waals surface area contributed by atoms with Crippen LogP contribution in [0.15, 0.2) is 0 Å². The van der Waals surface area contributed by atoms with E-state index in [-0.39, 0.29) is 11.5 Å². The summed E-state index contributed by atoms with van der Waals surface area (Å²) in [6, 6.07) is 0. The van der Waals surface area contributed by atoms with Crippen LogP contribution >= 0.6 is 0 Å². The van der Waals surface area contributed by atoms with Crippen LogP contribution in [0.5, 0.6) is 0 Å². The molecule has 17 heavy (non-hydrogen) atoms. The van der Waals surface area contributed by atoms with Crippen molar-refractivity contribution in [3.63, 3.8) is 0 Å². The van der Waals surface area contributed by atoms with Crippen LogP contribution in [-0.4, -0.2) is 12.7 Å². The van der Waals surface area contributed by atoms with Crippen molar-refractivity contribution in [3.8, 4) is 24.2 Å². The van der Waals surface area contributed by atoms with Crippen LogP contribution in [0.3, 0.4) is 0 Å². The van der Waals surface area contributed by atoms with Crippen molar-refractivity contribution in [1.82, 2.24) is 0 Å². The summed E-state index contributed by atoms with van der Waals surface area (Å²) in [7, 11) is 0. The molecule has 0 amide bonds. The standard InChI is InChI=1S/C16H26O/c1-6-8-9-10-11-12-13-15(16(3,4)5)17-14-7-2/h2,15H,6,8-11,14H2,1,3-5H3. The zero-order chi connectivity index (χ0) is 13.1. The fraction of sp³-hybridized carbons (Fsp3) is 0.750. The maximum Gasteiger partial charge on any atom is 0.124 e. The molecule has 0 saturated carbocycles. The van der Waals surface area contributed by atoms with Crippen molar-refractivity contribution in [2.24, 2.45) is 5.41 Å². The zero-order valence-corrected chi connectivity index (χ0v) is 11.8. The van der Waals surface area contributed by atoms with Crippen LogP contribution in [0.25, 0.3) is 0 Å². The highest BCUT2D eigenvalue weighted by Gasteiger charge is 2.22. The lowest BCUT2D eigenvalue weighted by molar-refractivity contribution is 0.0412. The fourth-order valence-electron chi connectivity index (χ4n) is 1.44. The zero-order valence-electron chi connectivity index (χ0n) is 11.8. The molecule has 1 atom stereocenters. The number of hydrogen-bond acceptors (Lipinski definition) is 1. The van der Waals surface area contributed by atoms with E-state index < -0.39 is 0 Å². The Morgan fingerprint density at radius 3 is 2.41 bits per heavy atom. The average molecular weight is 234 g/mol. The lowest BCUT2D eigenvalue weighted by atomic mass is 9.89. The Labute approximate surface area is 107 Å². The number of terminal acetylenes is 1. The molecule has 0 N–H and O–H groups in total. The van der Waals surface area contributed by atoms with Crippen molar-refractivity contribution < 1.29 is 4.74 Å². The molecule has 0 saturated heterocycles. The second kappa shape index (κ2) is 9.15. The summed E-state index contributed by atoms with van der Waals surface area (Å²) in [5.41, 5.74) is 0.0211. The second-order valence-corrected chi connectivity index (χ2v) is 5.39. The van der Waals surface area contributed by atoms with E-state index in [1.807, 2.05) is 0 Å². The van der Waals surface area contributed by atoms with Gasteiger partial charge in [0, 0.05) is 6.42 Å². The van der Waals surface area contributed by atoms with Crippen LogP contribution in [0.1, 0.15) is 59.8 Å². The number of ether oxygens (including phenoxy) is 1. The van der Waals surface area contributed by atoms with Crippen LogP contribution in [-0.2, 0) is 4.74 Å². The van der Waals surface area contributed by atoms with Crippen molar-refractivity contribution in [2.75, 3.05) is 6.61 Å². The third-order valence-electron chi connectivity index (χ3n) is 2.51. The molecule has 0 radical (unpaired) electrons. The van der Waals surface area contributed by atoms with Crippen molar-refractivity contribution in [2.45, 2.75) is 65.9 Å². The quantitative estimate of drug-likeness (QED) is 0.498. The van der Waals surface area contributed by atoms with E-state index in [0.29, 0.717) is 6.61 Å². The summed E-state index contributed by atoms with van der Waals surface area (Å²) in [6.07, 6.45) is 11.1. The van der Waals surface area contributed by atoms with Gasteiger partial charge in [-0.1, -0.05) is 58.8 Å². The molecule has 0 aromatic carbocycles. The molecule has 1 nitrogen and oxygen atoms in total. The predicted molar refractivity (Wildman–Crippen MR) is 74.6 cm³/mol. The highest BCUT2D eigenvalue weighted by Crippen LogP contribution is 2.21. The molecule has 1 unspecified atom stereocenters. The fourth-order valence-corrected chi connectivity index (χ4v) is 1.44. The first-order chi connectivity index (χ1) is 8.02. The second-order valence-electron chi connectivity index (χ2n) is 5.39. The maximum absolute atomic E-state index is 5.57. The van der Waals surface area contributed by atoms with Crippen molar-refractivity contribution in [1.29, 1.82) is 0 Å². The van der Waals surface area contributed by atoms with Crippen molar-refractivity contribution in [3.05, 3.63) is 0 Å². The molecular weight excluding hydrogens is 208 g/mol. The normalized spacial score (nSPS) is 12.4. The monoisotopic (exact) mass is 234 g/mol. The van der Waals surface area contributed by atoms with Crippen LogP contribution in [0.4, 0.5) is 0 Å². The molecule has 96 valence electrons. The number of unbranched alkanes of at least 4 members (excludes halogenated alkanes) is 4. The third kappa shape index (κ3) is 8.84. The Hall–Kier alpha value is -0.920. The molecule has 0 heterocycles. The van der Waals surface area contributed by atoms with E-state index >= 15 is 0 Å². The smallest absolute Gasteiger partial charge is 0.124 e. The SMILES string of the molecule is C#CCOC(C#CCCCCCC)C(C)(C)C. The summed E-state index contributed by atoms with van der Waals surface area (Å²) in [5.74, 6) is 8.92. The van der Waals surface area contributed by atoms with E-state index in [0.717, 1.165) is 6.42 Å². The molecule has 0 aliphatic rings. The topological polar surface area (TPSA) is 9.23 Å². The predicted octanol–water partition coefficient (Wildman–Crippen LogP) is 4.02. The summed E-state index contributed by atoms with van der Waals surface area (Å²) >= 11 is 0. The maximum atomic E-state index is 5.57. The van der Waals surface area contributed by atoms with Gasteiger partial charge in [0.25, 0.3) is 0 Å². The molecule has 0 aliphatic carbocycles. The van der Waals surface area contributed by atoms with Gasteiger partial charge in [0.15, 0.2) is 0 Å². The molecule has 0 rings (SSSR count). The van der Waals surface area contributed by atoms with Crippen LogP contribution in [0.2, 0.25) is 0 Å². The van der Waals surface area contributed by atoms with Gasteiger partial charge in [0.05, 0.1) is 0 Å². The molecule has 1 heteroatoms. The lowest BCUT2D eigenvalue weighted by Crippen LogP contribution is -2.28. The van der Waals surface area contributed by atoms with E-state index in [4.69, 9.17) is 11.2 Å². The van der Waals surface area contributed by atoms with Gasteiger partial charge in [-0.3, -0.25) is 0 Å². The summed E-state index contributed by atoms with van der Waals surface area (Å²) < 4.78 is 5.57. The van der Waals surface area contributed by atoms with Gasteiger partial charge in [0.2, 0.25) is 0 Å². The Bertz CT molecular complexity index is 279. The molecule has 0 aliphatic heterocycles. The average Bonchev–Trinajstić information content (AvgIpc) is 2.25. The lowest BCUT2D eigenvalue weighted by Gasteiger charge is -2.25. The van der Waals surface area contributed by atoms with Gasteiger partial charge in [-0.05, 0) is 11.8 Å². The van der Waals surface area contributed by atoms with Gasteiger partial charge in [-0.2, -0.15) is 0 Å². The minimum absolute atomic E-state index is 0.0211. The first kappa shape index (κ1) is 16.1. The van der Waals surface area contributed by atoms with Gasteiger partial charge < -0.3 is 4.74 Å². The largest absolute Gasteiger partial charge is 0.352 e. The Balaban J connectivity index is 4.07. The summed E-state index contributed by atoms with van der Waals surface area (Å²) in [6.45, 7) is 8.93. The van der Waals surface area contributed by atoms with Crippen LogP contribution < -0.4 is 0 Å². The summed E-state index contributed by atoms with van der Waals surface area (Å²) in [4.78, 5) is 0. The Morgan fingerprint density at radius 2 is 1.88 bits per heavy atom. The minimum atomic E-state index is -0.0651. The molecule has 0 aromatic heterocycles. The van der Waals surface area contributed by atoms with E-state index in [2.05, 4.69) is 45.5 Å². The molecule has 0 spiro atoms. The van der Waals surface area contributed by atoms with E-state index in [9.17, 15) is 0 Å². The first-order valence-corrected chi connectivity index (χ1v) is 6.55. The number of hydrogen-bond donors (Lipinski definition) is 0. The Kier molecular flexibility index (Phi) is 8.65. The molecule has 0 fully saturated rings. The third-order valence-corrected chi connectivity index (χ3v) is 2.51. The molecule has 0 bridgehead atoms. The van der Waals surface area contributed by atoms with Gasteiger partial charge in [-0.15, -0.1) is 12.3 Å². The van der Waals surface area contributed by atoms with Gasteiger partial charge in [-0.25, -0.2) is 0 Å². The molecular formula is C16H26O. The van der Waals surface area contributed by atoms with E-state index in [1.54, 1.807) is 0 Å². The molecule has 0 aromatic rings. The van der Waals surface area contributed by atoms with Crippen molar-refractivity contribution >= 4 is 0 Å². The van der Waals surface area contributed by atoms with Gasteiger partial charge in [0.1, 0.15) is 12.7 Å². The highest BCUT2D eigenvalue weighted by atomic mass is 16.5. The van der Waals surface area contributed by atoms with Crippen LogP contribution in [0, 0.1) is 29.6 Å².